The lowest BCUT2D eigenvalue weighted by Crippen LogP contribution is -2.24. The Morgan fingerprint density at radius 3 is 2.85 bits per heavy atom. The Morgan fingerprint density at radius 2 is 2.10 bits per heavy atom. The molecule has 106 valence electrons. The van der Waals surface area contributed by atoms with Crippen molar-refractivity contribution in [3.8, 4) is 0 Å². The maximum atomic E-state index is 11.9. The summed E-state index contributed by atoms with van der Waals surface area (Å²) in [6.07, 6.45) is 3.59. The third-order valence-electron chi connectivity index (χ3n) is 3.91. The summed E-state index contributed by atoms with van der Waals surface area (Å²) in [6, 6.07) is 5.32. The molecule has 2 heterocycles. The molecule has 0 radical (unpaired) electrons. The van der Waals surface area contributed by atoms with Gasteiger partial charge in [-0.3, -0.25) is 14.5 Å². The van der Waals surface area contributed by atoms with E-state index in [2.05, 4.69) is 5.32 Å². The summed E-state index contributed by atoms with van der Waals surface area (Å²) in [4.78, 5) is 24.8. The van der Waals surface area contributed by atoms with Crippen molar-refractivity contribution in [2.45, 2.75) is 25.4 Å². The number of benzene rings is 1. The molecule has 1 aromatic carbocycles. The quantitative estimate of drug-likeness (QED) is 0.852. The predicted octanol–water partition coefficient (Wildman–Crippen LogP) is 1.89. The minimum Gasteiger partial charge on any atom is -0.385 e. The first kappa shape index (κ1) is 13.1. The van der Waals surface area contributed by atoms with Crippen LogP contribution in [0.1, 0.15) is 40.0 Å². The minimum atomic E-state index is -0.229. The van der Waals surface area contributed by atoms with Gasteiger partial charge in [0.1, 0.15) is 0 Å². The van der Waals surface area contributed by atoms with Crippen LogP contribution in [0.4, 0.5) is 5.69 Å². The SMILES string of the molecule is CN1C(=O)c2ccc(NCCC3CCCO3)cc2C1=O. The van der Waals surface area contributed by atoms with Gasteiger partial charge in [-0.05, 0) is 37.5 Å². The molecule has 1 aromatic rings. The first-order chi connectivity index (χ1) is 9.66. The van der Waals surface area contributed by atoms with Gasteiger partial charge in [-0.1, -0.05) is 0 Å². The van der Waals surface area contributed by atoms with Crippen molar-refractivity contribution in [1.29, 1.82) is 0 Å². The topological polar surface area (TPSA) is 58.6 Å². The summed E-state index contributed by atoms with van der Waals surface area (Å²) in [6.45, 7) is 1.67. The first-order valence-corrected chi connectivity index (χ1v) is 6.99. The van der Waals surface area contributed by atoms with Crippen molar-refractivity contribution in [3.05, 3.63) is 29.3 Å². The molecule has 20 heavy (non-hydrogen) atoms. The summed E-state index contributed by atoms with van der Waals surface area (Å²) in [5.41, 5.74) is 1.85. The van der Waals surface area contributed by atoms with Crippen LogP contribution in [0.15, 0.2) is 18.2 Å². The number of rotatable bonds is 4. The highest BCUT2D eigenvalue weighted by Gasteiger charge is 2.32. The maximum Gasteiger partial charge on any atom is 0.261 e. The molecule has 0 spiro atoms. The molecule has 0 bridgehead atoms. The van der Waals surface area contributed by atoms with Crippen molar-refractivity contribution in [3.63, 3.8) is 0 Å². The van der Waals surface area contributed by atoms with Gasteiger partial charge in [0.15, 0.2) is 0 Å². The number of carbonyl (C=O) groups excluding carboxylic acids is 2. The van der Waals surface area contributed by atoms with Crippen LogP contribution in [0.5, 0.6) is 0 Å². The standard InChI is InChI=1S/C15H18N2O3/c1-17-14(18)12-5-4-10(9-13(12)15(17)19)16-7-6-11-3-2-8-20-11/h4-5,9,11,16H,2-3,6-8H2,1H3. The Hall–Kier alpha value is -1.88. The number of imide groups is 1. The largest absolute Gasteiger partial charge is 0.385 e. The van der Waals surface area contributed by atoms with E-state index in [4.69, 9.17) is 4.74 Å². The highest BCUT2D eigenvalue weighted by Crippen LogP contribution is 2.25. The number of nitrogens with zero attached hydrogens (tertiary/aromatic N) is 1. The van der Waals surface area contributed by atoms with E-state index in [0.29, 0.717) is 17.2 Å². The molecule has 0 saturated carbocycles. The van der Waals surface area contributed by atoms with Crippen LogP contribution in [-0.4, -0.2) is 43.0 Å². The molecule has 3 rings (SSSR count). The van der Waals surface area contributed by atoms with E-state index in [-0.39, 0.29) is 11.8 Å². The van der Waals surface area contributed by atoms with Gasteiger partial charge in [-0.15, -0.1) is 0 Å². The number of anilines is 1. The number of amides is 2. The lowest BCUT2D eigenvalue weighted by molar-refractivity contribution is 0.0693. The molecule has 2 aliphatic rings. The fourth-order valence-electron chi connectivity index (χ4n) is 2.72. The fourth-order valence-corrected chi connectivity index (χ4v) is 2.72. The van der Waals surface area contributed by atoms with E-state index in [1.165, 1.54) is 7.05 Å². The summed E-state index contributed by atoms with van der Waals surface area (Å²) < 4.78 is 5.56. The zero-order valence-corrected chi connectivity index (χ0v) is 11.5. The van der Waals surface area contributed by atoms with E-state index < -0.39 is 0 Å². The van der Waals surface area contributed by atoms with Crippen LogP contribution < -0.4 is 5.32 Å². The first-order valence-electron chi connectivity index (χ1n) is 6.99. The molecule has 0 aliphatic carbocycles. The molecule has 1 atom stereocenters. The van der Waals surface area contributed by atoms with Crippen LogP contribution in [0.3, 0.4) is 0 Å². The molecule has 5 heteroatoms. The molecule has 2 amide bonds. The number of carbonyl (C=O) groups is 2. The molecule has 5 nitrogen and oxygen atoms in total. The van der Waals surface area contributed by atoms with E-state index >= 15 is 0 Å². The summed E-state index contributed by atoms with van der Waals surface area (Å²) in [5, 5.41) is 3.29. The van der Waals surface area contributed by atoms with E-state index in [9.17, 15) is 9.59 Å². The Morgan fingerprint density at radius 1 is 1.30 bits per heavy atom. The maximum absolute atomic E-state index is 11.9. The van der Waals surface area contributed by atoms with Gasteiger partial charge in [0.2, 0.25) is 0 Å². The Kier molecular flexibility index (Phi) is 3.44. The smallest absolute Gasteiger partial charge is 0.261 e. The second-order valence-electron chi connectivity index (χ2n) is 5.28. The van der Waals surface area contributed by atoms with Gasteiger partial charge in [0.05, 0.1) is 17.2 Å². The third kappa shape index (κ3) is 2.29. The van der Waals surface area contributed by atoms with Gasteiger partial charge in [-0.2, -0.15) is 0 Å². The van der Waals surface area contributed by atoms with E-state index in [0.717, 1.165) is 43.0 Å². The molecule has 0 aromatic heterocycles. The van der Waals surface area contributed by atoms with Crippen LogP contribution in [-0.2, 0) is 4.74 Å². The van der Waals surface area contributed by atoms with Crippen molar-refractivity contribution < 1.29 is 14.3 Å². The Labute approximate surface area is 117 Å². The summed E-state index contributed by atoms with van der Waals surface area (Å²) in [5.74, 6) is -0.455. The minimum absolute atomic E-state index is 0.226. The molecule has 1 saturated heterocycles. The highest BCUT2D eigenvalue weighted by molar-refractivity contribution is 6.21. The molecular formula is C15H18N2O3. The average molecular weight is 274 g/mol. The molecule has 1 unspecified atom stereocenters. The zero-order chi connectivity index (χ0) is 14.1. The molecule has 1 N–H and O–H groups in total. The summed E-state index contributed by atoms with van der Waals surface area (Å²) in [7, 11) is 1.51. The lowest BCUT2D eigenvalue weighted by atomic mass is 10.1. The normalized spacial score (nSPS) is 21.4. The molecule has 2 aliphatic heterocycles. The Balaban J connectivity index is 1.64. The van der Waals surface area contributed by atoms with Gasteiger partial charge in [-0.25, -0.2) is 0 Å². The lowest BCUT2D eigenvalue weighted by Gasteiger charge is -2.11. The second kappa shape index (κ2) is 5.25. The van der Waals surface area contributed by atoms with E-state index in [1.807, 2.05) is 6.07 Å². The number of hydrogen-bond acceptors (Lipinski definition) is 4. The van der Waals surface area contributed by atoms with Crippen molar-refractivity contribution >= 4 is 17.5 Å². The second-order valence-corrected chi connectivity index (χ2v) is 5.28. The number of ether oxygens (including phenoxy) is 1. The molecule has 1 fully saturated rings. The van der Waals surface area contributed by atoms with Gasteiger partial charge < -0.3 is 10.1 Å². The average Bonchev–Trinajstić information content (AvgIpc) is 3.04. The van der Waals surface area contributed by atoms with Crippen LogP contribution in [0.25, 0.3) is 0 Å². The van der Waals surface area contributed by atoms with Crippen LogP contribution in [0, 0.1) is 0 Å². The third-order valence-corrected chi connectivity index (χ3v) is 3.91. The van der Waals surface area contributed by atoms with Crippen molar-refractivity contribution in [1.82, 2.24) is 4.90 Å². The van der Waals surface area contributed by atoms with Crippen molar-refractivity contribution in [2.75, 3.05) is 25.5 Å². The number of fused-ring (bicyclic) bond motifs is 1. The monoisotopic (exact) mass is 274 g/mol. The van der Waals surface area contributed by atoms with Gasteiger partial charge in [0, 0.05) is 25.9 Å². The van der Waals surface area contributed by atoms with Crippen molar-refractivity contribution in [2.24, 2.45) is 0 Å². The summed E-state index contributed by atoms with van der Waals surface area (Å²) >= 11 is 0. The van der Waals surface area contributed by atoms with Gasteiger partial charge >= 0.3 is 0 Å². The molecular weight excluding hydrogens is 256 g/mol. The van der Waals surface area contributed by atoms with Gasteiger partial charge in [0.25, 0.3) is 11.8 Å². The zero-order valence-electron chi connectivity index (χ0n) is 11.5. The van der Waals surface area contributed by atoms with E-state index in [1.54, 1.807) is 12.1 Å². The van der Waals surface area contributed by atoms with Crippen LogP contribution in [0.2, 0.25) is 0 Å². The predicted molar refractivity (Wildman–Crippen MR) is 74.9 cm³/mol. The number of nitrogens with one attached hydrogen (secondary N) is 1. The Bertz CT molecular complexity index is 550. The van der Waals surface area contributed by atoms with Crippen LogP contribution >= 0.6 is 0 Å². The fraction of sp³-hybridized carbons (Fsp3) is 0.467. The number of hydrogen-bond donors (Lipinski definition) is 1. The highest BCUT2D eigenvalue weighted by atomic mass is 16.5.